The molecular weight excluding hydrogens is 790 g/mol. The Morgan fingerprint density at radius 1 is 0.283 bits per heavy atom. The molecule has 0 spiro atoms. The van der Waals surface area contributed by atoms with Gasteiger partial charge in [0, 0.05) is 0 Å². The predicted octanol–water partition coefficient (Wildman–Crippen LogP) is 15.8. The number of rotatable bonds is 4. The van der Waals surface area contributed by atoms with Gasteiger partial charge in [-0.25, -0.2) is 0 Å². The van der Waals surface area contributed by atoms with Gasteiger partial charge < -0.3 is 0 Å². The molecule has 2 heteroatoms. The van der Waals surface area contributed by atoms with Crippen molar-refractivity contribution in [3.05, 3.63) is 212 Å². The third-order valence-electron chi connectivity index (χ3n) is 12.8. The summed E-state index contributed by atoms with van der Waals surface area (Å²) in [7, 11) is 0. The van der Waals surface area contributed by atoms with Gasteiger partial charge in [0.05, 0.1) is 0 Å². The Morgan fingerprint density at radius 3 is 1.27 bits per heavy atom. The Morgan fingerprint density at radius 2 is 0.717 bits per heavy atom. The Kier molecular flexibility index (Phi) is 7.39. The van der Waals surface area contributed by atoms with Crippen molar-refractivity contribution in [2.24, 2.45) is 0 Å². The van der Waals surface area contributed by atoms with Crippen LogP contribution in [0.1, 0.15) is 0 Å². The fraction of sp³-hybridized carbons (Fsp3) is 0. The van der Waals surface area contributed by atoms with Gasteiger partial charge in [-0.1, -0.05) is 0 Å². The van der Waals surface area contributed by atoms with Crippen LogP contribution in [0.3, 0.4) is 0 Å². The maximum absolute atomic E-state index is 2.51. The van der Waals surface area contributed by atoms with E-state index in [1.807, 2.05) is 0 Å². The van der Waals surface area contributed by atoms with Crippen molar-refractivity contribution in [1.82, 2.24) is 4.57 Å². The average molecular weight is 825 g/mol. The summed E-state index contributed by atoms with van der Waals surface area (Å²) in [5.41, 5.74) is 11.5. The quantitative estimate of drug-likeness (QED) is 0.123. The molecule has 13 aromatic rings. The first-order valence-corrected chi connectivity index (χ1v) is 22.4. The molecule has 0 N–H and O–H groups in total. The van der Waals surface area contributed by atoms with Crippen LogP contribution in [0.5, 0.6) is 0 Å². The van der Waals surface area contributed by atoms with Crippen LogP contribution < -0.4 is 0 Å². The molecule has 0 amide bonds. The second kappa shape index (κ2) is 13.1. The van der Waals surface area contributed by atoms with Crippen molar-refractivity contribution in [2.45, 2.75) is 0 Å². The summed E-state index contributed by atoms with van der Waals surface area (Å²) < 4.78 is 5.42. The summed E-state index contributed by atoms with van der Waals surface area (Å²) >= 11 is 0.134. The molecule has 2 aromatic heterocycles. The van der Waals surface area contributed by atoms with E-state index < -0.39 is 0 Å². The second-order valence-corrected chi connectivity index (χ2v) is 18.1. The van der Waals surface area contributed by atoms with Crippen molar-refractivity contribution in [2.75, 3.05) is 0 Å². The summed E-state index contributed by atoms with van der Waals surface area (Å²) in [4.78, 5) is 0. The van der Waals surface area contributed by atoms with E-state index in [9.17, 15) is 0 Å². The van der Waals surface area contributed by atoms with Gasteiger partial charge >= 0.3 is 355 Å². The first-order chi connectivity index (χ1) is 29.8. The van der Waals surface area contributed by atoms with E-state index in [1.54, 1.807) is 0 Å². The third kappa shape index (κ3) is 4.81. The number of hydrogen-bond acceptors (Lipinski definition) is 0. The van der Waals surface area contributed by atoms with Crippen LogP contribution in [0.15, 0.2) is 212 Å². The van der Waals surface area contributed by atoms with Crippen molar-refractivity contribution < 1.29 is 0 Å². The molecule has 278 valence electrons. The summed E-state index contributed by atoms with van der Waals surface area (Å²) in [6, 6.07) is 79.0. The summed E-state index contributed by atoms with van der Waals surface area (Å²) in [5.74, 6) is 0. The van der Waals surface area contributed by atoms with Crippen LogP contribution in [-0.4, -0.2) is 19.1 Å². The number of nitrogens with zero attached hydrogens (tertiary/aromatic N) is 1. The summed E-state index contributed by atoms with van der Waals surface area (Å²) in [6.45, 7) is 0. The zero-order valence-corrected chi connectivity index (χ0v) is 34.3. The van der Waals surface area contributed by atoms with Gasteiger partial charge in [-0.05, 0) is 0 Å². The van der Waals surface area contributed by atoms with E-state index >= 15 is 0 Å². The first-order valence-electron chi connectivity index (χ1n) is 20.7. The Bertz CT molecular complexity index is 3720. The molecule has 0 saturated heterocycles. The molecule has 0 aliphatic carbocycles. The maximum atomic E-state index is 2.51. The first kappa shape index (κ1) is 33.7. The minimum atomic E-state index is 0.134. The molecule has 0 saturated carbocycles. The molecule has 13 rings (SSSR count). The van der Waals surface area contributed by atoms with Gasteiger partial charge in [-0.15, -0.1) is 0 Å². The van der Waals surface area contributed by atoms with Crippen LogP contribution in [-0.2, 0) is 0 Å². The number of fused-ring (bicyclic) bond motifs is 10. The molecule has 0 fully saturated rings. The van der Waals surface area contributed by atoms with Gasteiger partial charge in [0.1, 0.15) is 0 Å². The van der Waals surface area contributed by atoms with Gasteiger partial charge in [0.2, 0.25) is 0 Å². The van der Waals surface area contributed by atoms with Gasteiger partial charge in [0.25, 0.3) is 0 Å². The topological polar surface area (TPSA) is 4.93 Å². The zero-order valence-electron chi connectivity index (χ0n) is 32.6. The predicted molar refractivity (Wildman–Crippen MR) is 259 cm³/mol. The van der Waals surface area contributed by atoms with E-state index in [1.165, 1.54) is 123 Å². The summed E-state index contributed by atoms with van der Waals surface area (Å²) in [5, 5.41) is 15.5. The number of hydrogen-bond donors (Lipinski definition) is 0. The van der Waals surface area contributed by atoms with Crippen LogP contribution in [0, 0.1) is 0 Å². The second-order valence-electron chi connectivity index (χ2n) is 15.9. The van der Waals surface area contributed by atoms with Crippen molar-refractivity contribution in [1.29, 1.82) is 0 Å². The molecule has 0 atom stereocenters. The van der Waals surface area contributed by atoms with Crippen LogP contribution in [0.4, 0.5) is 0 Å². The molecule has 1 nitrogen and oxygen atoms in total. The van der Waals surface area contributed by atoms with Crippen LogP contribution >= 0.6 is 0 Å². The van der Waals surface area contributed by atoms with E-state index in [0.717, 1.165) is 0 Å². The number of para-hydroxylation sites is 2. The van der Waals surface area contributed by atoms with E-state index in [2.05, 4.69) is 217 Å². The monoisotopic (exact) mass is 825 g/mol. The Hall–Kier alpha value is -7.22. The molecule has 0 radical (unpaired) electrons. The van der Waals surface area contributed by atoms with E-state index in [-0.39, 0.29) is 14.5 Å². The van der Waals surface area contributed by atoms with Crippen molar-refractivity contribution in [3.63, 3.8) is 0 Å². The SMILES string of the molecule is c1ccc(-c2c3ccccc3c(-c3ccc4[se]c5c(-c6c7ccccc7c(-n7c8ccccc8c8ccccc87)c7ccccc67)cccc5c4c3)c3ccccc23)cc1. The molecule has 0 aliphatic heterocycles. The van der Waals surface area contributed by atoms with Crippen LogP contribution in [0.25, 0.3) is 123 Å². The normalized spacial score (nSPS) is 12.0. The fourth-order valence-electron chi connectivity index (χ4n) is 10.3. The minimum absolute atomic E-state index is 0.134. The Labute approximate surface area is 352 Å². The van der Waals surface area contributed by atoms with E-state index in [4.69, 9.17) is 0 Å². The standard InChI is InChI=1S/C58H35NSe/c1-2-17-36(18-3-1)54-40-21-4-6-23-42(40)55(43-24-7-5-22-41(43)54)37-33-34-53-50(35-37)48-29-16-30-49(58(48)60-53)56-44-25-8-10-27-46(44)57(47-28-11-9-26-45(47)56)59-51-31-14-12-19-38(51)39-20-13-15-32-52(39)59/h1-35H. The zero-order chi connectivity index (χ0) is 39.3. The summed E-state index contributed by atoms with van der Waals surface area (Å²) in [6.07, 6.45) is 0. The molecule has 60 heavy (non-hydrogen) atoms. The van der Waals surface area contributed by atoms with Gasteiger partial charge in [-0.2, -0.15) is 0 Å². The number of aromatic nitrogens is 1. The average Bonchev–Trinajstić information content (AvgIpc) is 3.86. The Balaban J connectivity index is 1.07. The molecule has 0 unspecified atom stereocenters. The van der Waals surface area contributed by atoms with E-state index in [0.29, 0.717) is 0 Å². The van der Waals surface area contributed by atoms with Crippen molar-refractivity contribution >= 4 is 98.7 Å². The molecule has 0 aliphatic rings. The molecule has 2 heterocycles. The van der Waals surface area contributed by atoms with Crippen LogP contribution in [0.2, 0.25) is 0 Å². The third-order valence-corrected chi connectivity index (χ3v) is 15.3. The molecule has 11 aromatic carbocycles. The fourth-order valence-corrected chi connectivity index (χ4v) is 12.8. The van der Waals surface area contributed by atoms with Gasteiger partial charge in [-0.3, -0.25) is 0 Å². The van der Waals surface area contributed by atoms with Crippen molar-refractivity contribution in [3.8, 4) is 39.1 Å². The van der Waals surface area contributed by atoms with Gasteiger partial charge in [0.15, 0.2) is 0 Å². The molecular formula is C58H35NSe. The number of benzene rings is 11. The molecule has 0 bridgehead atoms.